The van der Waals surface area contributed by atoms with E-state index in [0.29, 0.717) is 17.5 Å². The normalized spacial score (nSPS) is 16.3. The van der Waals surface area contributed by atoms with E-state index in [9.17, 15) is 4.79 Å². The summed E-state index contributed by atoms with van der Waals surface area (Å²) in [6.45, 7) is 3.74. The summed E-state index contributed by atoms with van der Waals surface area (Å²) < 4.78 is 10.9. The molecule has 164 valence electrons. The molecule has 2 heterocycles. The number of carbonyl (C=O) groups excluding carboxylic acids is 1. The molecule has 1 saturated heterocycles. The number of aromatic amines is 1. The number of likely N-dealkylation sites (tertiary alicyclic amines) is 1. The van der Waals surface area contributed by atoms with Crippen molar-refractivity contribution in [1.82, 2.24) is 14.8 Å². The van der Waals surface area contributed by atoms with Crippen molar-refractivity contribution >= 4 is 16.8 Å². The number of benzene rings is 2. The number of fused-ring (bicyclic) bond motifs is 1. The zero-order chi connectivity index (χ0) is 22.1. The highest BCUT2D eigenvalue weighted by Crippen LogP contribution is 2.36. The van der Waals surface area contributed by atoms with E-state index < -0.39 is 0 Å². The Morgan fingerprint density at radius 3 is 2.55 bits per heavy atom. The topological polar surface area (TPSA) is 57.8 Å². The molecule has 0 aliphatic carbocycles. The van der Waals surface area contributed by atoms with Gasteiger partial charge in [-0.2, -0.15) is 0 Å². The molecular formula is C25H31N3O3. The number of hydrogen-bond donors (Lipinski definition) is 1. The third kappa shape index (κ3) is 3.88. The second-order valence-corrected chi connectivity index (χ2v) is 8.32. The van der Waals surface area contributed by atoms with E-state index in [2.05, 4.69) is 30.9 Å². The van der Waals surface area contributed by atoms with Crippen LogP contribution in [0, 0.1) is 0 Å². The number of nitrogens with zero attached hydrogens (tertiary/aromatic N) is 2. The minimum Gasteiger partial charge on any atom is -0.493 e. The van der Waals surface area contributed by atoms with E-state index in [1.54, 1.807) is 14.2 Å². The largest absolute Gasteiger partial charge is 0.493 e. The van der Waals surface area contributed by atoms with Gasteiger partial charge in [0.05, 0.1) is 14.2 Å². The maximum atomic E-state index is 13.2. The van der Waals surface area contributed by atoms with Crippen LogP contribution in [0.2, 0.25) is 0 Å². The lowest BCUT2D eigenvalue weighted by Gasteiger charge is -2.20. The van der Waals surface area contributed by atoms with Crippen molar-refractivity contribution in [3.63, 3.8) is 0 Å². The molecule has 1 N–H and O–H groups in total. The summed E-state index contributed by atoms with van der Waals surface area (Å²) in [5.74, 6) is 1.51. The highest BCUT2D eigenvalue weighted by atomic mass is 16.5. The van der Waals surface area contributed by atoms with Gasteiger partial charge in [0, 0.05) is 46.9 Å². The van der Waals surface area contributed by atoms with Gasteiger partial charge < -0.3 is 24.3 Å². The van der Waals surface area contributed by atoms with Crippen LogP contribution in [0.3, 0.4) is 0 Å². The molecule has 0 spiro atoms. The Morgan fingerprint density at radius 2 is 1.90 bits per heavy atom. The van der Waals surface area contributed by atoms with Gasteiger partial charge in [-0.05, 0) is 68.9 Å². The predicted molar refractivity (Wildman–Crippen MR) is 124 cm³/mol. The fourth-order valence-corrected chi connectivity index (χ4v) is 4.52. The van der Waals surface area contributed by atoms with Crippen LogP contribution in [-0.4, -0.2) is 68.1 Å². The van der Waals surface area contributed by atoms with Crippen molar-refractivity contribution in [3.05, 3.63) is 47.5 Å². The van der Waals surface area contributed by atoms with Crippen LogP contribution in [0.15, 0.2) is 36.4 Å². The van der Waals surface area contributed by atoms with Crippen molar-refractivity contribution in [2.75, 3.05) is 41.4 Å². The monoisotopic (exact) mass is 421 g/mol. The highest BCUT2D eigenvalue weighted by Gasteiger charge is 2.28. The first kappa shape index (κ1) is 21.2. The molecule has 1 aliphatic rings. The molecule has 2 aromatic carbocycles. The maximum Gasteiger partial charge on any atom is 0.253 e. The molecule has 4 rings (SSSR count). The Labute approximate surface area is 183 Å². The molecule has 6 nitrogen and oxygen atoms in total. The first-order valence-corrected chi connectivity index (χ1v) is 10.8. The standard InChI is InChI=1S/C25H31N3O3/c1-6-19-20-13-17(25(29)28-12-11-18(15-28)27(2)3)7-9-21(20)26-24(19)16-8-10-22(30-4)23(14-16)31-5/h7-10,13-14,18,26H,6,11-12,15H2,1-5H3/t18-/m1/s1. The number of amides is 1. The second kappa shape index (κ2) is 8.63. The van der Waals surface area contributed by atoms with Crippen LogP contribution in [0.1, 0.15) is 29.3 Å². The Bertz CT molecular complexity index is 1100. The van der Waals surface area contributed by atoms with Crippen molar-refractivity contribution in [3.8, 4) is 22.8 Å². The number of nitrogens with one attached hydrogen (secondary N) is 1. The van der Waals surface area contributed by atoms with Crippen molar-refractivity contribution in [2.24, 2.45) is 0 Å². The number of aryl methyl sites for hydroxylation is 1. The minimum absolute atomic E-state index is 0.113. The fraction of sp³-hybridized carbons (Fsp3) is 0.400. The van der Waals surface area contributed by atoms with E-state index in [4.69, 9.17) is 9.47 Å². The van der Waals surface area contributed by atoms with Gasteiger partial charge >= 0.3 is 0 Å². The molecule has 1 aliphatic heterocycles. The van der Waals surface area contributed by atoms with Gasteiger partial charge in [0.2, 0.25) is 0 Å². The molecule has 0 radical (unpaired) electrons. The Balaban J connectivity index is 1.70. The first-order chi connectivity index (χ1) is 15.0. The lowest BCUT2D eigenvalue weighted by Crippen LogP contribution is -2.34. The smallest absolute Gasteiger partial charge is 0.253 e. The van der Waals surface area contributed by atoms with E-state index in [1.807, 2.05) is 41.3 Å². The summed E-state index contributed by atoms with van der Waals surface area (Å²) in [4.78, 5) is 20.9. The van der Waals surface area contributed by atoms with Crippen molar-refractivity contribution < 1.29 is 14.3 Å². The van der Waals surface area contributed by atoms with Gasteiger partial charge in [0.1, 0.15) is 0 Å². The first-order valence-electron chi connectivity index (χ1n) is 10.8. The highest BCUT2D eigenvalue weighted by molar-refractivity contribution is 6.00. The molecular weight excluding hydrogens is 390 g/mol. The van der Waals surface area contributed by atoms with Gasteiger partial charge in [-0.15, -0.1) is 0 Å². The van der Waals surface area contributed by atoms with Gasteiger partial charge in [-0.1, -0.05) is 6.92 Å². The molecule has 3 aromatic rings. The van der Waals surface area contributed by atoms with Crippen LogP contribution < -0.4 is 9.47 Å². The van der Waals surface area contributed by atoms with Crippen molar-refractivity contribution in [2.45, 2.75) is 25.8 Å². The number of likely N-dealkylation sites (N-methyl/N-ethyl adjacent to an activating group) is 1. The predicted octanol–water partition coefficient (Wildman–Crippen LogP) is 4.19. The molecule has 31 heavy (non-hydrogen) atoms. The molecule has 1 aromatic heterocycles. The number of rotatable bonds is 6. The van der Waals surface area contributed by atoms with Crippen molar-refractivity contribution in [1.29, 1.82) is 0 Å². The number of hydrogen-bond acceptors (Lipinski definition) is 4. The van der Waals surface area contributed by atoms with Gasteiger partial charge in [-0.25, -0.2) is 0 Å². The maximum absolute atomic E-state index is 13.2. The SMILES string of the molecule is CCc1c(-c2ccc(OC)c(OC)c2)[nH]c2ccc(C(=O)N3CC[C@@H](N(C)C)C3)cc12. The lowest BCUT2D eigenvalue weighted by molar-refractivity contribution is 0.0783. The average Bonchev–Trinajstić information content (AvgIpc) is 3.42. The summed E-state index contributed by atoms with van der Waals surface area (Å²) >= 11 is 0. The molecule has 0 bridgehead atoms. The zero-order valence-corrected chi connectivity index (χ0v) is 19.0. The van der Waals surface area contributed by atoms with Gasteiger partial charge in [0.15, 0.2) is 11.5 Å². The van der Waals surface area contributed by atoms with E-state index >= 15 is 0 Å². The van der Waals surface area contributed by atoms with Crippen LogP contribution in [0.4, 0.5) is 0 Å². The Morgan fingerprint density at radius 1 is 1.13 bits per heavy atom. The summed E-state index contributed by atoms with van der Waals surface area (Å²) in [6.07, 6.45) is 1.88. The van der Waals surface area contributed by atoms with Gasteiger partial charge in [-0.3, -0.25) is 4.79 Å². The molecule has 1 amide bonds. The summed E-state index contributed by atoms with van der Waals surface area (Å²) in [6, 6.07) is 12.4. The van der Waals surface area contributed by atoms with Crippen LogP contribution >= 0.6 is 0 Å². The van der Waals surface area contributed by atoms with Crippen LogP contribution in [-0.2, 0) is 6.42 Å². The number of methoxy groups -OCH3 is 2. The number of ether oxygens (including phenoxy) is 2. The number of carbonyl (C=O) groups is 1. The third-order valence-electron chi connectivity index (χ3n) is 6.36. The van der Waals surface area contributed by atoms with E-state index in [1.165, 1.54) is 5.56 Å². The summed E-state index contributed by atoms with van der Waals surface area (Å²) in [7, 11) is 7.43. The second-order valence-electron chi connectivity index (χ2n) is 8.32. The third-order valence-corrected chi connectivity index (χ3v) is 6.36. The number of aromatic nitrogens is 1. The molecule has 1 atom stereocenters. The summed E-state index contributed by atoms with van der Waals surface area (Å²) in [5, 5.41) is 1.10. The summed E-state index contributed by atoms with van der Waals surface area (Å²) in [5.41, 5.74) is 5.07. The van der Waals surface area contributed by atoms with Crippen LogP contribution in [0.25, 0.3) is 22.2 Å². The van der Waals surface area contributed by atoms with E-state index in [-0.39, 0.29) is 5.91 Å². The molecule has 0 unspecified atom stereocenters. The van der Waals surface area contributed by atoms with Crippen LogP contribution in [0.5, 0.6) is 11.5 Å². The zero-order valence-electron chi connectivity index (χ0n) is 19.0. The molecule has 6 heteroatoms. The average molecular weight is 422 g/mol. The Kier molecular flexibility index (Phi) is 5.92. The fourth-order valence-electron chi connectivity index (χ4n) is 4.52. The molecule has 0 saturated carbocycles. The lowest BCUT2D eigenvalue weighted by atomic mass is 10.0. The quantitative estimate of drug-likeness (QED) is 0.648. The molecule has 1 fully saturated rings. The minimum atomic E-state index is 0.113. The Hall–Kier alpha value is -2.99. The van der Waals surface area contributed by atoms with Gasteiger partial charge in [0.25, 0.3) is 5.91 Å². The number of H-pyrrole nitrogens is 1. The van der Waals surface area contributed by atoms with E-state index in [0.717, 1.165) is 53.7 Å².